The quantitative estimate of drug-likeness (QED) is 0.818. The molecule has 0 spiro atoms. The second-order valence-electron chi connectivity index (χ2n) is 5.78. The van der Waals surface area contributed by atoms with Gasteiger partial charge < -0.3 is 19.5 Å². The molecule has 1 aliphatic heterocycles. The summed E-state index contributed by atoms with van der Waals surface area (Å²) >= 11 is 0. The van der Waals surface area contributed by atoms with E-state index in [0.717, 1.165) is 17.1 Å². The van der Waals surface area contributed by atoms with E-state index in [2.05, 4.69) is 5.32 Å². The number of carbonyl (C=O) groups is 1. The van der Waals surface area contributed by atoms with Crippen molar-refractivity contribution in [1.29, 1.82) is 0 Å². The van der Waals surface area contributed by atoms with Gasteiger partial charge in [0.05, 0.1) is 19.6 Å². The normalized spacial score (nSPS) is 15.7. The highest BCUT2D eigenvalue weighted by atomic mass is 19.1. The van der Waals surface area contributed by atoms with Crippen molar-refractivity contribution in [3.8, 4) is 17.2 Å². The van der Waals surface area contributed by atoms with Gasteiger partial charge in [0.15, 0.2) is 0 Å². The zero-order valence-corrected chi connectivity index (χ0v) is 14.0. The molecule has 5 nitrogen and oxygen atoms in total. The van der Waals surface area contributed by atoms with Crippen molar-refractivity contribution < 1.29 is 23.4 Å². The van der Waals surface area contributed by atoms with E-state index in [0.29, 0.717) is 31.9 Å². The van der Waals surface area contributed by atoms with Crippen LogP contribution in [-0.2, 0) is 11.2 Å². The highest BCUT2D eigenvalue weighted by Gasteiger charge is 2.26. The number of benzene rings is 2. The van der Waals surface area contributed by atoms with Gasteiger partial charge in [-0.05, 0) is 42.3 Å². The summed E-state index contributed by atoms with van der Waals surface area (Å²) in [6, 6.07) is 11.4. The molecule has 2 aromatic rings. The lowest BCUT2D eigenvalue weighted by Gasteiger charge is -2.25. The number of fused-ring (bicyclic) bond motifs is 1. The van der Waals surface area contributed by atoms with Gasteiger partial charge in [-0.3, -0.25) is 4.79 Å². The van der Waals surface area contributed by atoms with Crippen LogP contribution in [0.1, 0.15) is 5.56 Å². The van der Waals surface area contributed by atoms with Gasteiger partial charge >= 0.3 is 0 Å². The standard InChI is InChI=1S/C19H20FNO4/c1-23-17-5-2-13-10-14(12-25-18(13)11-17)19(22)21-8-9-24-16-6-3-15(20)4-7-16/h2-7,11,14H,8-10,12H2,1H3,(H,21,22). The van der Waals surface area contributed by atoms with Crippen LogP contribution in [0.2, 0.25) is 0 Å². The fourth-order valence-corrected chi connectivity index (χ4v) is 2.67. The summed E-state index contributed by atoms with van der Waals surface area (Å²) < 4.78 is 29.1. The lowest BCUT2D eigenvalue weighted by atomic mass is 9.96. The molecule has 2 aromatic carbocycles. The van der Waals surface area contributed by atoms with E-state index in [-0.39, 0.29) is 17.6 Å². The zero-order chi connectivity index (χ0) is 17.6. The summed E-state index contributed by atoms with van der Waals surface area (Å²) in [6.07, 6.45) is 0.629. The van der Waals surface area contributed by atoms with Crippen molar-refractivity contribution in [2.45, 2.75) is 6.42 Å². The molecule has 0 fully saturated rings. The SMILES string of the molecule is COc1ccc2c(c1)OCC(C(=O)NCCOc1ccc(F)cc1)C2. The first kappa shape index (κ1) is 17.1. The molecule has 132 valence electrons. The maximum Gasteiger partial charge on any atom is 0.227 e. The molecule has 25 heavy (non-hydrogen) atoms. The van der Waals surface area contributed by atoms with Crippen LogP contribution in [0.15, 0.2) is 42.5 Å². The van der Waals surface area contributed by atoms with E-state index in [1.165, 1.54) is 12.1 Å². The molecule has 1 unspecified atom stereocenters. The number of amides is 1. The minimum Gasteiger partial charge on any atom is -0.497 e. The topological polar surface area (TPSA) is 56.8 Å². The maximum atomic E-state index is 12.8. The predicted octanol–water partition coefficient (Wildman–Crippen LogP) is 2.58. The zero-order valence-electron chi connectivity index (χ0n) is 14.0. The summed E-state index contributed by atoms with van der Waals surface area (Å²) in [4.78, 5) is 12.3. The van der Waals surface area contributed by atoms with Crippen molar-refractivity contribution in [2.24, 2.45) is 5.92 Å². The van der Waals surface area contributed by atoms with Crippen LogP contribution < -0.4 is 19.5 Å². The summed E-state index contributed by atoms with van der Waals surface area (Å²) in [5.74, 6) is 1.47. The Kier molecular flexibility index (Phi) is 5.38. The Morgan fingerprint density at radius 1 is 1.24 bits per heavy atom. The van der Waals surface area contributed by atoms with Crippen LogP contribution in [0.4, 0.5) is 4.39 Å². The first-order chi connectivity index (χ1) is 12.2. The van der Waals surface area contributed by atoms with Gasteiger partial charge in [-0.1, -0.05) is 6.07 Å². The van der Waals surface area contributed by atoms with Crippen LogP contribution in [0, 0.1) is 11.7 Å². The third-order valence-electron chi connectivity index (χ3n) is 4.04. The number of ether oxygens (including phenoxy) is 3. The number of methoxy groups -OCH3 is 1. The molecule has 0 aliphatic carbocycles. The van der Waals surface area contributed by atoms with Crippen LogP contribution in [0.3, 0.4) is 0 Å². The van der Waals surface area contributed by atoms with E-state index < -0.39 is 0 Å². The van der Waals surface area contributed by atoms with Gasteiger partial charge in [-0.2, -0.15) is 0 Å². The Balaban J connectivity index is 1.45. The fraction of sp³-hybridized carbons (Fsp3) is 0.316. The molecule has 1 atom stereocenters. The third kappa shape index (κ3) is 4.41. The lowest BCUT2D eigenvalue weighted by Crippen LogP contribution is -2.39. The van der Waals surface area contributed by atoms with Crippen molar-refractivity contribution in [1.82, 2.24) is 5.32 Å². The molecule has 0 radical (unpaired) electrons. The summed E-state index contributed by atoms with van der Waals surface area (Å²) in [7, 11) is 1.61. The fourth-order valence-electron chi connectivity index (χ4n) is 2.67. The average molecular weight is 345 g/mol. The predicted molar refractivity (Wildman–Crippen MR) is 90.6 cm³/mol. The molecule has 0 aromatic heterocycles. The molecule has 0 saturated carbocycles. The summed E-state index contributed by atoms with van der Waals surface area (Å²) in [5, 5.41) is 2.84. The first-order valence-corrected chi connectivity index (χ1v) is 8.11. The second-order valence-corrected chi connectivity index (χ2v) is 5.78. The van der Waals surface area contributed by atoms with Crippen LogP contribution >= 0.6 is 0 Å². The van der Waals surface area contributed by atoms with E-state index in [1.807, 2.05) is 18.2 Å². The van der Waals surface area contributed by atoms with Gasteiger partial charge in [0.2, 0.25) is 5.91 Å². The van der Waals surface area contributed by atoms with Gasteiger partial charge in [0.25, 0.3) is 0 Å². The van der Waals surface area contributed by atoms with E-state index in [1.54, 1.807) is 19.2 Å². The molecular formula is C19H20FNO4. The lowest BCUT2D eigenvalue weighted by molar-refractivity contribution is -0.126. The molecule has 1 N–H and O–H groups in total. The van der Waals surface area contributed by atoms with Crippen molar-refractivity contribution in [3.63, 3.8) is 0 Å². The average Bonchev–Trinajstić information content (AvgIpc) is 2.65. The van der Waals surface area contributed by atoms with Crippen LogP contribution in [0.25, 0.3) is 0 Å². The molecule has 1 amide bonds. The van der Waals surface area contributed by atoms with Gasteiger partial charge in [-0.15, -0.1) is 0 Å². The Bertz CT molecular complexity index is 733. The molecule has 0 saturated heterocycles. The number of nitrogens with one attached hydrogen (secondary N) is 1. The Morgan fingerprint density at radius 3 is 2.76 bits per heavy atom. The number of hydrogen-bond donors (Lipinski definition) is 1. The Labute approximate surface area is 145 Å². The van der Waals surface area contributed by atoms with Crippen molar-refractivity contribution in [2.75, 3.05) is 26.9 Å². The third-order valence-corrected chi connectivity index (χ3v) is 4.04. The molecule has 3 rings (SSSR count). The summed E-state index contributed by atoms with van der Waals surface area (Å²) in [6.45, 7) is 1.03. The Hall–Kier alpha value is -2.76. The maximum absolute atomic E-state index is 12.8. The van der Waals surface area contributed by atoms with E-state index in [4.69, 9.17) is 14.2 Å². The monoisotopic (exact) mass is 345 g/mol. The van der Waals surface area contributed by atoms with Crippen molar-refractivity contribution >= 4 is 5.91 Å². The first-order valence-electron chi connectivity index (χ1n) is 8.11. The molecular weight excluding hydrogens is 325 g/mol. The number of hydrogen-bond acceptors (Lipinski definition) is 4. The van der Waals surface area contributed by atoms with Gasteiger partial charge in [0.1, 0.15) is 36.3 Å². The van der Waals surface area contributed by atoms with Crippen LogP contribution in [-0.4, -0.2) is 32.8 Å². The highest BCUT2D eigenvalue weighted by Crippen LogP contribution is 2.31. The smallest absolute Gasteiger partial charge is 0.227 e. The minimum absolute atomic E-state index is 0.0656. The number of halogens is 1. The number of rotatable bonds is 6. The Morgan fingerprint density at radius 2 is 2.00 bits per heavy atom. The van der Waals surface area contributed by atoms with E-state index >= 15 is 0 Å². The van der Waals surface area contributed by atoms with Gasteiger partial charge in [-0.25, -0.2) is 4.39 Å². The number of carbonyl (C=O) groups excluding carboxylic acids is 1. The minimum atomic E-state index is -0.309. The largest absolute Gasteiger partial charge is 0.497 e. The van der Waals surface area contributed by atoms with Gasteiger partial charge in [0, 0.05) is 6.07 Å². The summed E-state index contributed by atoms with van der Waals surface area (Å²) in [5.41, 5.74) is 0.995. The molecule has 1 aliphatic rings. The molecule has 0 bridgehead atoms. The molecule has 6 heteroatoms. The van der Waals surface area contributed by atoms with Crippen LogP contribution in [0.5, 0.6) is 17.2 Å². The molecule has 1 heterocycles. The van der Waals surface area contributed by atoms with Crippen molar-refractivity contribution in [3.05, 3.63) is 53.8 Å². The highest BCUT2D eigenvalue weighted by molar-refractivity contribution is 5.79. The van der Waals surface area contributed by atoms with E-state index in [9.17, 15) is 9.18 Å². The second kappa shape index (κ2) is 7.88.